The van der Waals surface area contributed by atoms with Crippen molar-refractivity contribution in [1.29, 1.82) is 0 Å². The van der Waals surface area contributed by atoms with Crippen LogP contribution in [0.3, 0.4) is 0 Å². The summed E-state index contributed by atoms with van der Waals surface area (Å²) in [4.78, 5) is 47.5. The van der Waals surface area contributed by atoms with Gasteiger partial charge in [0.1, 0.15) is 12.1 Å². The summed E-state index contributed by atoms with van der Waals surface area (Å²) >= 11 is 4.03. The Morgan fingerprint density at radius 2 is 1.56 bits per heavy atom. The van der Waals surface area contributed by atoms with Crippen LogP contribution in [0.5, 0.6) is 0 Å². The Hall–Kier alpha value is -1.81. The first kappa shape index (κ1) is 25.2. The number of carboxylic acids is 1. The zero-order chi connectivity index (χ0) is 21.1. The number of nitrogens with two attached hydrogens (primary N) is 1. The first-order valence-electron chi connectivity index (χ1n) is 9.05. The third-order valence-electron chi connectivity index (χ3n) is 4.59. The lowest BCUT2D eigenvalue weighted by molar-refractivity contribution is -0.143. The number of hydrogen-bond acceptors (Lipinski definition) is 6. The minimum Gasteiger partial charge on any atom is -0.480 e. The second kappa shape index (κ2) is 12.6. The second-order valence-corrected chi connectivity index (χ2v) is 7.01. The van der Waals surface area contributed by atoms with E-state index in [-0.39, 0.29) is 24.1 Å². The fraction of sp³-hybridized carbons (Fsp3) is 0.765. The lowest BCUT2D eigenvalue weighted by Crippen LogP contribution is -2.55. The number of aliphatic carboxylic acids is 1. The van der Waals surface area contributed by atoms with Gasteiger partial charge in [-0.2, -0.15) is 12.6 Å². The Morgan fingerprint density at radius 1 is 1.00 bits per heavy atom. The molecule has 0 aromatic heterocycles. The van der Waals surface area contributed by atoms with Crippen LogP contribution < -0.4 is 21.7 Å². The molecule has 0 aliphatic rings. The monoisotopic (exact) mass is 404 g/mol. The molecule has 0 aliphatic heterocycles. The number of nitrogens with one attached hydrogen (secondary N) is 3. The standard InChI is InChI=1S/C17H32N4O5S/c1-5-9(3)13(18)16(24)19-7-12(22)20-11(8-27)15(23)21-14(17(25)26)10(4)6-2/h9-11,13-14,27H,5-8,18H2,1-4H3,(H,19,24)(H,20,22)(H,21,23)(H,25,26). The predicted molar refractivity (Wildman–Crippen MR) is 105 cm³/mol. The van der Waals surface area contributed by atoms with Crippen molar-refractivity contribution in [3.8, 4) is 0 Å². The molecular weight excluding hydrogens is 372 g/mol. The molecule has 6 N–H and O–H groups in total. The Balaban J connectivity index is 4.69. The third kappa shape index (κ3) is 8.61. The highest BCUT2D eigenvalue weighted by atomic mass is 32.1. The van der Waals surface area contributed by atoms with Crippen molar-refractivity contribution in [2.24, 2.45) is 17.6 Å². The quantitative estimate of drug-likeness (QED) is 0.242. The van der Waals surface area contributed by atoms with E-state index < -0.39 is 41.8 Å². The van der Waals surface area contributed by atoms with Gasteiger partial charge in [0.15, 0.2) is 0 Å². The number of carbonyl (C=O) groups is 4. The normalized spacial score (nSPS) is 16.4. The van der Waals surface area contributed by atoms with Crippen LogP contribution >= 0.6 is 12.6 Å². The van der Waals surface area contributed by atoms with Gasteiger partial charge in [-0.3, -0.25) is 14.4 Å². The minimum atomic E-state index is -1.15. The van der Waals surface area contributed by atoms with Crippen molar-refractivity contribution in [2.75, 3.05) is 12.3 Å². The van der Waals surface area contributed by atoms with Gasteiger partial charge in [0.25, 0.3) is 0 Å². The Bertz CT molecular complexity index is 531. The zero-order valence-corrected chi connectivity index (χ0v) is 17.2. The predicted octanol–water partition coefficient (Wildman–Crippen LogP) is -0.494. The van der Waals surface area contributed by atoms with Crippen LogP contribution in [0.15, 0.2) is 0 Å². The van der Waals surface area contributed by atoms with Crippen molar-refractivity contribution < 1.29 is 24.3 Å². The maximum absolute atomic E-state index is 12.3. The van der Waals surface area contributed by atoms with Crippen LogP contribution in [0, 0.1) is 11.8 Å². The number of carboxylic acid groups (broad SMARTS) is 1. The fourth-order valence-electron chi connectivity index (χ4n) is 2.17. The van der Waals surface area contributed by atoms with Crippen LogP contribution in [-0.4, -0.2) is 59.2 Å². The molecule has 0 heterocycles. The average molecular weight is 405 g/mol. The first-order valence-corrected chi connectivity index (χ1v) is 9.68. The van der Waals surface area contributed by atoms with E-state index in [1.54, 1.807) is 6.92 Å². The van der Waals surface area contributed by atoms with E-state index in [4.69, 9.17) is 5.73 Å². The maximum Gasteiger partial charge on any atom is 0.326 e. The molecule has 5 atom stereocenters. The molecule has 5 unspecified atom stereocenters. The molecule has 0 aromatic carbocycles. The van der Waals surface area contributed by atoms with Gasteiger partial charge >= 0.3 is 5.97 Å². The first-order chi connectivity index (χ1) is 12.6. The largest absolute Gasteiger partial charge is 0.480 e. The smallest absolute Gasteiger partial charge is 0.326 e. The van der Waals surface area contributed by atoms with Gasteiger partial charge in [0.05, 0.1) is 12.6 Å². The number of rotatable bonds is 12. The Labute approximate surface area is 165 Å². The van der Waals surface area contributed by atoms with E-state index in [1.807, 2.05) is 20.8 Å². The summed E-state index contributed by atoms with van der Waals surface area (Å²) in [5.74, 6) is -3.16. The summed E-state index contributed by atoms with van der Waals surface area (Å²) in [5.41, 5.74) is 5.78. The van der Waals surface area contributed by atoms with Crippen LogP contribution in [0.1, 0.15) is 40.5 Å². The number of amides is 3. The zero-order valence-electron chi connectivity index (χ0n) is 16.3. The summed E-state index contributed by atoms with van der Waals surface area (Å²) in [6.45, 7) is 6.93. The maximum atomic E-state index is 12.3. The van der Waals surface area contributed by atoms with Crippen LogP contribution in [-0.2, 0) is 19.2 Å². The van der Waals surface area contributed by atoms with Crippen molar-refractivity contribution >= 4 is 36.3 Å². The highest BCUT2D eigenvalue weighted by Gasteiger charge is 2.29. The summed E-state index contributed by atoms with van der Waals surface area (Å²) in [7, 11) is 0. The van der Waals surface area contributed by atoms with Crippen LogP contribution in [0.4, 0.5) is 0 Å². The van der Waals surface area contributed by atoms with Gasteiger partial charge in [-0.15, -0.1) is 0 Å². The molecule has 0 spiro atoms. The molecule has 0 aromatic rings. The molecule has 9 nitrogen and oxygen atoms in total. The average Bonchev–Trinajstić information content (AvgIpc) is 2.65. The van der Waals surface area contributed by atoms with Crippen molar-refractivity contribution in [2.45, 2.75) is 58.7 Å². The van der Waals surface area contributed by atoms with Gasteiger partial charge in [-0.05, 0) is 11.8 Å². The summed E-state index contributed by atoms with van der Waals surface area (Å²) in [6.07, 6.45) is 1.29. The molecule has 0 bridgehead atoms. The summed E-state index contributed by atoms with van der Waals surface area (Å²) in [5, 5.41) is 16.5. The van der Waals surface area contributed by atoms with Gasteiger partial charge in [0, 0.05) is 5.75 Å². The topological polar surface area (TPSA) is 151 Å². The van der Waals surface area contributed by atoms with E-state index in [0.717, 1.165) is 6.42 Å². The molecular formula is C17H32N4O5S. The van der Waals surface area contributed by atoms with Gasteiger partial charge in [0.2, 0.25) is 17.7 Å². The van der Waals surface area contributed by atoms with Gasteiger partial charge in [-0.1, -0.05) is 40.5 Å². The molecule has 156 valence electrons. The molecule has 10 heteroatoms. The van der Waals surface area contributed by atoms with Crippen LogP contribution in [0.25, 0.3) is 0 Å². The lowest BCUT2D eigenvalue weighted by Gasteiger charge is -2.23. The van der Waals surface area contributed by atoms with Crippen molar-refractivity contribution in [1.82, 2.24) is 16.0 Å². The Morgan fingerprint density at radius 3 is 2.00 bits per heavy atom. The molecule has 0 fully saturated rings. The molecule has 27 heavy (non-hydrogen) atoms. The number of carbonyl (C=O) groups excluding carboxylic acids is 3. The molecule has 0 saturated heterocycles. The lowest BCUT2D eigenvalue weighted by atomic mass is 9.99. The summed E-state index contributed by atoms with van der Waals surface area (Å²) < 4.78 is 0. The second-order valence-electron chi connectivity index (χ2n) is 6.64. The Kier molecular flexibility index (Phi) is 11.7. The molecule has 0 saturated carbocycles. The van der Waals surface area contributed by atoms with E-state index >= 15 is 0 Å². The van der Waals surface area contributed by atoms with Crippen molar-refractivity contribution in [3.05, 3.63) is 0 Å². The minimum absolute atomic E-state index is 0.0231. The molecule has 0 aliphatic carbocycles. The van der Waals surface area contributed by atoms with E-state index in [0.29, 0.717) is 6.42 Å². The summed E-state index contributed by atoms with van der Waals surface area (Å²) in [6, 6.07) is -2.81. The van der Waals surface area contributed by atoms with E-state index in [1.165, 1.54) is 0 Å². The van der Waals surface area contributed by atoms with Crippen LogP contribution in [0.2, 0.25) is 0 Å². The highest BCUT2D eigenvalue weighted by molar-refractivity contribution is 7.80. The number of thiol groups is 1. The van der Waals surface area contributed by atoms with Gasteiger partial charge < -0.3 is 26.8 Å². The number of hydrogen-bond donors (Lipinski definition) is 6. The molecule has 3 amide bonds. The highest BCUT2D eigenvalue weighted by Crippen LogP contribution is 2.08. The molecule has 0 rings (SSSR count). The fourth-order valence-corrected chi connectivity index (χ4v) is 2.43. The van der Waals surface area contributed by atoms with Gasteiger partial charge in [-0.25, -0.2) is 4.79 Å². The third-order valence-corrected chi connectivity index (χ3v) is 4.96. The van der Waals surface area contributed by atoms with E-state index in [9.17, 15) is 24.3 Å². The molecule has 0 radical (unpaired) electrons. The van der Waals surface area contributed by atoms with Crippen molar-refractivity contribution in [3.63, 3.8) is 0 Å². The SMILES string of the molecule is CCC(C)C(N)C(=O)NCC(=O)NC(CS)C(=O)NC(C(=O)O)C(C)CC. The van der Waals surface area contributed by atoms with E-state index in [2.05, 4.69) is 28.6 Å².